The molecule has 2 heterocycles. The zero-order valence-corrected chi connectivity index (χ0v) is 19.5. The minimum atomic E-state index is -0.588. The largest absolute Gasteiger partial charge is 0.325 e. The number of nitrogens with one attached hydrogen (secondary N) is 2. The fraction of sp³-hybridized carbons (Fsp3) is 0.250. The second kappa shape index (κ2) is 8.10. The predicted octanol–water partition coefficient (Wildman–Crippen LogP) is 5.67. The SMILES string of the molecule is CC1C(=O)Nc2cc(C3=NC(Cc4ccc(C5CC5)cc4)C(=O)Nc4ccc(Cl)cc43)ccc21. The third-order valence-electron chi connectivity index (χ3n) is 6.98. The molecule has 0 bridgehead atoms. The number of anilines is 2. The lowest BCUT2D eigenvalue weighted by Crippen LogP contribution is -2.27. The molecule has 6 heteroatoms. The van der Waals surface area contributed by atoms with Gasteiger partial charge in [-0.2, -0.15) is 0 Å². The second-order valence-electron chi connectivity index (χ2n) is 9.41. The number of carbonyl (C=O) groups is 2. The van der Waals surface area contributed by atoms with Gasteiger partial charge in [0.2, 0.25) is 11.8 Å². The van der Waals surface area contributed by atoms with E-state index in [9.17, 15) is 9.59 Å². The maximum absolute atomic E-state index is 13.2. The van der Waals surface area contributed by atoms with Gasteiger partial charge in [0.05, 0.1) is 17.3 Å². The van der Waals surface area contributed by atoms with E-state index in [1.165, 1.54) is 18.4 Å². The standard InChI is InChI=1S/C28H24ClN3O2/c1-15-21-10-8-19(13-24(21)32-27(15)33)26-22-14-20(29)9-11-23(22)31-28(34)25(30-26)12-16-2-4-17(5-3-16)18-6-7-18/h2-5,8-11,13-15,18,25H,6-7,12H2,1H3,(H,31,34)(H,32,33). The quantitative estimate of drug-likeness (QED) is 0.516. The first-order chi connectivity index (χ1) is 16.5. The molecule has 1 aliphatic carbocycles. The summed E-state index contributed by atoms with van der Waals surface area (Å²) in [4.78, 5) is 30.3. The number of fused-ring (bicyclic) bond motifs is 2. The summed E-state index contributed by atoms with van der Waals surface area (Å²) < 4.78 is 0. The molecule has 3 aromatic rings. The Labute approximate surface area is 203 Å². The molecular formula is C28H24ClN3O2. The normalized spacial score (nSPS) is 21.2. The Bertz CT molecular complexity index is 1360. The molecule has 5 nitrogen and oxygen atoms in total. The monoisotopic (exact) mass is 469 g/mol. The topological polar surface area (TPSA) is 70.6 Å². The van der Waals surface area contributed by atoms with E-state index in [4.69, 9.17) is 16.6 Å². The minimum absolute atomic E-state index is 0.0113. The summed E-state index contributed by atoms with van der Waals surface area (Å²) >= 11 is 6.34. The molecule has 1 saturated carbocycles. The molecule has 2 N–H and O–H groups in total. The number of hydrogen-bond acceptors (Lipinski definition) is 3. The van der Waals surface area contributed by atoms with Crippen LogP contribution in [0.25, 0.3) is 0 Å². The van der Waals surface area contributed by atoms with E-state index < -0.39 is 6.04 Å². The van der Waals surface area contributed by atoms with Crippen LogP contribution in [0.1, 0.15) is 59.4 Å². The van der Waals surface area contributed by atoms with Gasteiger partial charge in [-0.05, 0) is 66.6 Å². The number of benzene rings is 3. The molecule has 0 radical (unpaired) electrons. The predicted molar refractivity (Wildman–Crippen MR) is 135 cm³/mol. The Morgan fingerprint density at radius 1 is 0.912 bits per heavy atom. The molecule has 170 valence electrons. The van der Waals surface area contributed by atoms with Crippen molar-refractivity contribution in [1.29, 1.82) is 0 Å². The van der Waals surface area contributed by atoms with Gasteiger partial charge in [0.25, 0.3) is 0 Å². The third kappa shape index (κ3) is 3.80. The maximum atomic E-state index is 13.2. The summed E-state index contributed by atoms with van der Waals surface area (Å²) in [7, 11) is 0. The van der Waals surface area contributed by atoms with Gasteiger partial charge in [-0.25, -0.2) is 0 Å². The number of carbonyl (C=O) groups excluding carboxylic acids is 2. The number of aliphatic imine (C=N–C) groups is 1. The number of rotatable bonds is 4. The first kappa shape index (κ1) is 21.1. The zero-order valence-electron chi connectivity index (χ0n) is 18.8. The van der Waals surface area contributed by atoms with Gasteiger partial charge in [0.1, 0.15) is 6.04 Å². The highest BCUT2D eigenvalue weighted by molar-refractivity contribution is 6.32. The van der Waals surface area contributed by atoms with Crippen LogP contribution in [0.2, 0.25) is 5.02 Å². The molecule has 2 atom stereocenters. The van der Waals surface area contributed by atoms with E-state index in [0.29, 0.717) is 28.8 Å². The number of benzodiazepines with no additional fused rings is 1. The summed E-state index contributed by atoms with van der Waals surface area (Å²) in [5.74, 6) is 0.356. The van der Waals surface area contributed by atoms with E-state index in [2.05, 4.69) is 34.9 Å². The molecule has 2 amide bonds. The van der Waals surface area contributed by atoms with Crippen LogP contribution >= 0.6 is 11.6 Å². The molecule has 1 fully saturated rings. The zero-order chi connectivity index (χ0) is 23.4. The molecule has 3 aliphatic rings. The summed E-state index contributed by atoms with van der Waals surface area (Å²) in [6.07, 6.45) is 3.03. The Morgan fingerprint density at radius 3 is 2.44 bits per heavy atom. The lowest BCUT2D eigenvalue weighted by atomic mass is 9.96. The summed E-state index contributed by atoms with van der Waals surface area (Å²) in [5, 5.41) is 6.57. The lowest BCUT2D eigenvalue weighted by Gasteiger charge is -2.13. The second-order valence-corrected chi connectivity index (χ2v) is 9.84. The highest BCUT2D eigenvalue weighted by atomic mass is 35.5. The van der Waals surface area contributed by atoms with Gasteiger partial charge in [-0.1, -0.05) is 48.0 Å². The van der Waals surface area contributed by atoms with E-state index in [1.807, 2.05) is 37.3 Å². The number of hydrogen-bond donors (Lipinski definition) is 2. The molecule has 0 spiro atoms. The third-order valence-corrected chi connectivity index (χ3v) is 7.22. The van der Waals surface area contributed by atoms with Crippen molar-refractivity contribution in [3.05, 3.63) is 93.5 Å². The van der Waals surface area contributed by atoms with Gasteiger partial charge >= 0.3 is 0 Å². The number of nitrogens with zero attached hydrogens (tertiary/aromatic N) is 1. The smallest absolute Gasteiger partial charge is 0.249 e. The van der Waals surface area contributed by atoms with Crippen molar-refractivity contribution in [3.8, 4) is 0 Å². The molecule has 0 aromatic heterocycles. The molecule has 6 rings (SSSR count). The Kier molecular flexibility index (Phi) is 5.03. The Balaban J connectivity index is 1.41. The summed E-state index contributed by atoms with van der Waals surface area (Å²) in [6.45, 7) is 1.90. The fourth-order valence-corrected chi connectivity index (χ4v) is 5.00. The van der Waals surface area contributed by atoms with Crippen LogP contribution in [0.5, 0.6) is 0 Å². The van der Waals surface area contributed by atoms with Gasteiger partial charge < -0.3 is 10.6 Å². The van der Waals surface area contributed by atoms with Gasteiger partial charge in [-0.15, -0.1) is 0 Å². The number of halogens is 1. The van der Waals surface area contributed by atoms with E-state index in [0.717, 1.165) is 27.9 Å². The minimum Gasteiger partial charge on any atom is -0.325 e. The molecular weight excluding hydrogens is 446 g/mol. The van der Waals surface area contributed by atoms with Crippen LogP contribution in [-0.2, 0) is 16.0 Å². The first-order valence-electron chi connectivity index (χ1n) is 11.7. The van der Waals surface area contributed by atoms with Crippen molar-refractivity contribution in [2.75, 3.05) is 10.6 Å². The van der Waals surface area contributed by atoms with Crippen LogP contribution in [0.4, 0.5) is 11.4 Å². The van der Waals surface area contributed by atoms with Crippen molar-refractivity contribution in [2.45, 2.75) is 44.1 Å². The Morgan fingerprint density at radius 2 is 1.68 bits per heavy atom. The maximum Gasteiger partial charge on any atom is 0.249 e. The molecule has 2 aliphatic heterocycles. The van der Waals surface area contributed by atoms with Crippen LogP contribution in [0, 0.1) is 0 Å². The highest BCUT2D eigenvalue weighted by Gasteiger charge is 2.30. The summed E-state index contributed by atoms with van der Waals surface area (Å²) in [6, 6.07) is 19.3. The van der Waals surface area contributed by atoms with Crippen molar-refractivity contribution < 1.29 is 9.59 Å². The molecule has 34 heavy (non-hydrogen) atoms. The van der Waals surface area contributed by atoms with Crippen LogP contribution < -0.4 is 10.6 Å². The molecule has 0 saturated heterocycles. The van der Waals surface area contributed by atoms with E-state index in [1.54, 1.807) is 6.07 Å². The van der Waals surface area contributed by atoms with Crippen molar-refractivity contribution in [1.82, 2.24) is 0 Å². The average Bonchev–Trinajstić information content (AvgIpc) is 3.65. The van der Waals surface area contributed by atoms with Gasteiger partial charge in [0, 0.05) is 28.3 Å². The van der Waals surface area contributed by atoms with Crippen molar-refractivity contribution >= 4 is 40.5 Å². The molecule has 2 unspecified atom stereocenters. The Hall–Kier alpha value is -3.44. The van der Waals surface area contributed by atoms with E-state index in [-0.39, 0.29) is 17.7 Å². The van der Waals surface area contributed by atoms with Crippen LogP contribution in [0.3, 0.4) is 0 Å². The van der Waals surface area contributed by atoms with Crippen molar-refractivity contribution in [2.24, 2.45) is 4.99 Å². The fourth-order valence-electron chi connectivity index (χ4n) is 4.83. The van der Waals surface area contributed by atoms with Crippen LogP contribution in [0.15, 0.2) is 65.7 Å². The highest BCUT2D eigenvalue weighted by Crippen LogP contribution is 2.40. The lowest BCUT2D eigenvalue weighted by molar-refractivity contribution is -0.117. The van der Waals surface area contributed by atoms with Gasteiger partial charge in [0.15, 0.2) is 0 Å². The van der Waals surface area contributed by atoms with E-state index >= 15 is 0 Å². The first-order valence-corrected chi connectivity index (χ1v) is 12.1. The van der Waals surface area contributed by atoms with Crippen molar-refractivity contribution in [3.63, 3.8) is 0 Å². The number of amides is 2. The molecule has 3 aromatic carbocycles. The van der Waals surface area contributed by atoms with Crippen LogP contribution in [-0.4, -0.2) is 23.6 Å². The van der Waals surface area contributed by atoms with Gasteiger partial charge in [-0.3, -0.25) is 14.6 Å². The summed E-state index contributed by atoms with van der Waals surface area (Å²) in [5.41, 5.74) is 7.17. The average molecular weight is 470 g/mol.